The molecule has 0 atom stereocenters. The Morgan fingerprint density at radius 3 is 2.50 bits per heavy atom. The summed E-state index contributed by atoms with van der Waals surface area (Å²) in [4.78, 5) is 11.2. The normalized spacial score (nSPS) is 10.1. The van der Waals surface area contributed by atoms with Crippen molar-refractivity contribution in [2.24, 2.45) is 0 Å². The van der Waals surface area contributed by atoms with Crippen LogP contribution in [0.3, 0.4) is 0 Å². The van der Waals surface area contributed by atoms with Crippen LogP contribution in [0, 0.1) is 6.92 Å². The van der Waals surface area contributed by atoms with Crippen LogP contribution in [0.1, 0.15) is 24.5 Å². The molecule has 0 aliphatic rings. The van der Waals surface area contributed by atoms with E-state index in [1.54, 1.807) is 6.92 Å². The van der Waals surface area contributed by atoms with Crippen molar-refractivity contribution in [3.63, 3.8) is 0 Å². The average Bonchev–Trinajstić information content (AvgIpc) is 2.48. The third-order valence-electron chi connectivity index (χ3n) is 3.28. The molecule has 0 aromatic heterocycles. The van der Waals surface area contributed by atoms with Gasteiger partial charge in [0.2, 0.25) is 0 Å². The lowest BCUT2D eigenvalue weighted by atomic mass is 9.96. The van der Waals surface area contributed by atoms with Gasteiger partial charge >= 0.3 is 5.97 Å². The van der Waals surface area contributed by atoms with Gasteiger partial charge in [-0.3, -0.25) is 4.79 Å². The lowest BCUT2D eigenvalue weighted by Gasteiger charge is -2.10. The maximum atomic E-state index is 11.2. The molecule has 0 heterocycles. The lowest BCUT2D eigenvalue weighted by Crippen LogP contribution is -2.05. The number of carbonyl (C=O) groups is 1. The minimum Gasteiger partial charge on any atom is -0.427 e. The molecule has 0 aliphatic heterocycles. The zero-order valence-electron chi connectivity index (χ0n) is 11.8. The molecule has 0 aliphatic carbocycles. The van der Waals surface area contributed by atoms with Crippen LogP contribution < -0.4 is 4.74 Å². The van der Waals surface area contributed by atoms with E-state index in [9.17, 15) is 4.79 Å². The monoisotopic (exact) mass is 266 g/mol. The molecule has 2 heteroatoms. The van der Waals surface area contributed by atoms with E-state index in [0.717, 1.165) is 16.7 Å². The Morgan fingerprint density at radius 1 is 1.20 bits per heavy atom. The van der Waals surface area contributed by atoms with Gasteiger partial charge in [-0.1, -0.05) is 49.9 Å². The Kier molecular flexibility index (Phi) is 4.36. The third kappa shape index (κ3) is 2.97. The smallest absolute Gasteiger partial charge is 0.310 e. The van der Waals surface area contributed by atoms with E-state index in [-0.39, 0.29) is 5.97 Å². The van der Waals surface area contributed by atoms with Crippen molar-refractivity contribution in [1.29, 1.82) is 0 Å². The first-order valence-electron chi connectivity index (χ1n) is 6.69. The fraction of sp³-hybridized carbons (Fsp3) is 0.167. The molecule has 2 nitrogen and oxygen atoms in total. The molecule has 0 amide bonds. The Balaban J connectivity index is 2.30. The number of rotatable bonds is 4. The molecule has 20 heavy (non-hydrogen) atoms. The SMILES string of the molecule is C=Cc1cccc(-c2ccc(OC(=O)CC)cc2)c1C. The molecule has 0 N–H and O–H groups in total. The Bertz CT molecular complexity index is 624. The second-order valence-electron chi connectivity index (χ2n) is 4.58. The van der Waals surface area contributed by atoms with Crippen molar-refractivity contribution in [1.82, 2.24) is 0 Å². The minimum absolute atomic E-state index is 0.220. The molecule has 0 saturated heterocycles. The highest BCUT2D eigenvalue weighted by Gasteiger charge is 2.06. The maximum Gasteiger partial charge on any atom is 0.310 e. The molecule has 0 bridgehead atoms. The van der Waals surface area contributed by atoms with Gasteiger partial charge in [0.15, 0.2) is 0 Å². The van der Waals surface area contributed by atoms with Gasteiger partial charge in [0.1, 0.15) is 5.75 Å². The first-order chi connectivity index (χ1) is 9.65. The first-order valence-corrected chi connectivity index (χ1v) is 6.69. The minimum atomic E-state index is -0.220. The van der Waals surface area contributed by atoms with Crippen LogP contribution in [0.4, 0.5) is 0 Å². The highest BCUT2D eigenvalue weighted by Crippen LogP contribution is 2.27. The van der Waals surface area contributed by atoms with Gasteiger partial charge in [-0.2, -0.15) is 0 Å². The van der Waals surface area contributed by atoms with Crippen LogP contribution in [0.5, 0.6) is 5.75 Å². The molecule has 2 rings (SSSR count). The predicted octanol–water partition coefficient (Wildman–Crippen LogP) is 4.62. The number of benzene rings is 2. The summed E-state index contributed by atoms with van der Waals surface area (Å²) >= 11 is 0. The first kappa shape index (κ1) is 14.1. The molecule has 102 valence electrons. The standard InChI is InChI=1S/C18H18O2/c1-4-14-7-6-8-17(13(14)3)15-9-11-16(12-10-15)20-18(19)5-2/h4,6-12H,1,5H2,2-3H3. The molecule has 0 saturated carbocycles. The number of hydrogen-bond acceptors (Lipinski definition) is 2. The highest BCUT2D eigenvalue weighted by molar-refractivity contribution is 5.74. The Morgan fingerprint density at radius 2 is 1.90 bits per heavy atom. The van der Waals surface area contributed by atoms with E-state index in [1.807, 2.05) is 42.5 Å². The van der Waals surface area contributed by atoms with E-state index in [2.05, 4.69) is 19.6 Å². The number of hydrogen-bond donors (Lipinski definition) is 0. The van der Waals surface area contributed by atoms with Crippen LogP contribution >= 0.6 is 0 Å². The van der Waals surface area contributed by atoms with Crippen LogP contribution in [0.2, 0.25) is 0 Å². The van der Waals surface area contributed by atoms with Crippen molar-refractivity contribution >= 4 is 12.0 Å². The van der Waals surface area contributed by atoms with Gasteiger partial charge in [-0.25, -0.2) is 0 Å². The highest BCUT2D eigenvalue weighted by atomic mass is 16.5. The molecular weight excluding hydrogens is 248 g/mol. The van der Waals surface area contributed by atoms with E-state index in [1.165, 1.54) is 5.56 Å². The number of carbonyl (C=O) groups excluding carboxylic acids is 1. The van der Waals surface area contributed by atoms with Gasteiger partial charge in [-0.05, 0) is 41.3 Å². The second-order valence-corrected chi connectivity index (χ2v) is 4.58. The Hall–Kier alpha value is -2.35. The fourth-order valence-corrected chi connectivity index (χ4v) is 2.09. The van der Waals surface area contributed by atoms with Crippen LogP contribution in [0.25, 0.3) is 17.2 Å². The largest absolute Gasteiger partial charge is 0.427 e. The maximum absolute atomic E-state index is 11.2. The van der Waals surface area contributed by atoms with Gasteiger partial charge in [-0.15, -0.1) is 0 Å². The van der Waals surface area contributed by atoms with E-state index < -0.39 is 0 Å². The quantitative estimate of drug-likeness (QED) is 0.596. The van der Waals surface area contributed by atoms with Gasteiger partial charge in [0.25, 0.3) is 0 Å². The number of esters is 1. The molecule has 0 radical (unpaired) electrons. The summed E-state index contributed by atoms with van der Waals surface area (Å²) in [5.74, 6) is 0.362. The molecule has 2 aromatic carbocycles. The number of ether oxygens (including phenoxy) is 1. The van der Waals surface area contributed by atoms with Crippen molar-refractivity contribution in [2.45, 2.75) is 20.3 Å². The van der Waals surface area contributed by atoms with Crippen LogP contribution in [-0.4, -0.2) is 5.97 Å². The van der Waals surface area contributed by atoms with E-state index in [0.29, 0.717) is 12.2 Å². The predicted molar refractivity (Wildman–Crippen MR) is 82.6 cm³/mol. The lowest BCUT2D eigenvalue weighted by molar-refractivity contribution is -0.134. The fourth-order valence-electron chi connectivity index (χ4n) is 2.09. The molecule has 0 spiro atoms. The topological polar surface area (TPSA) is 26.3 Å². The summed E-state index contributed by atoms with van der Waals surface area (Å²) in [6, 6.07) is 13.7. The van der Waals surface area contributed by atoms with Gasteiger partial charge < -0.3 is 4.74 Å². The van der Waals surface area contributed by atoms with Crippen molar-refractivity contribution < 1.29 is 9.53 Å². The summed E-state index contributed by atoms with van der Waals surface area (Å²) in [7, 11) is 0. The van der Waals surface area contributed by atoms with Crippen molar-refractivity contribution in [3.8, 4) is 16.9 Å². The zero-order chi connectivity index (χ0) is 14.5. The summed E-state index contributed by atoms with van der Waals surface area (Å²) in [5, 5.41) is 0. The Labute approximate surface area is 119 Å². The van der Waals surface area contributed by atoms with Crippen molar-refractivity contribution in [2.75, 3.05) is 0 Å². The van der Waals surface area contributed by atoms with Crippen LogP contribution in [-0.2, 0) is 4.79 Å². The van der Waals surface area contributed by atoms with E-state index in [4.69, 9.17) is 4.74 Å². The third-order valence-corrected chi connectivity index (χ3v) is 3.28. The van der Waals surface area contributed by atoms with Crippen molar-refractivity contribution in [3.05, 3.63) is 60.2 Å². The summed E-state index contributed by atoms with van der Waals surface area (Å²) in [6.45, 7) is 7.68. The summed E-state index contributed by atoms with van der Waals surface area (Å²) in [6.07, 6.45) is 2.23. The van der Waals surface area contributed by atoms with Crippen LogP contribution in [0.15, 0.2) is 49.0 Å². The van der Waals surface area contributed by atoms with Gasteiger partial charge in [0, 0.05) is 6.42 Å². The summed E-state index contributed by atoms with van der Waals surface area (Å²) < 4.78 is 5.17. The summed E-state index contributed by atoms with van der Waals surface area (Å²) in [5.41, 5.74) is 4.59. The second kappa shape index (κ2) is 6.20. The molecular formula is C18H18O2. The molecule has 2 aromatic rings. The molecule has 0 unspecified atom stereocenters. The molecule has 0 fully saturated rings. The zero-order valence-corrected chi connectivity index (χ0v) is 11.8. The van der Waals surface area contributed by atoms with Gasteiger partial charge in [0.05, 0.1) is 0 Å². The average molecular weight is 266 g/mol. The van der Waals surface area contributed by atoms with E-state index >= 15 is 0 Å².